The van der Waals surface area contributed by atoms with Gasteiger partial charge in [-0.3, -0.25) is 0 Å². The Morgan fingerprint density at radius 2 is 2.50 bits per heavy atom. The Morgan fingerprint density at radius 3 is 2.88 bits per heavy atom. The van der Waals surface area contributed by atoms with Gasteiger partial charge in [-0.05, 0) is 32.4 Å². The molecule has 0 aromatic carbocycles. The first-order valence-electron chi connectivity index (χ1n) is 3.26. The molecule has 0 spiro atoms. The lowest BCUT2D eigenvalue weighted by atomic mass is 10.3. The molecule has 48 valence electrons. The SMILES string of the molecule is CNC1CC1CCN. The molecule has 2 atom stereocenters. The predicted molar refractivity (Wildman–Crippen MR) is 34.6 cm³/mol. The molecule has 1 aliphatic rings. The zero-order valence-corrected chi connectivity index (χ0v) is 5.35. The molecule has 0 amide bonds. The molecular formula is C6H14N2. The summed E-state index contributed by atoms with van der Waals surface area (Å²) >= 11 is 0. The highest BCUT2D eigenvalue weighted by atomic mass is 14.9. The van der Waals surface area contributed by atoms with Crippen LogP contribution < -0.4 is 11.1 Å². The summed E-state index contributed by atoms with van der Waals surface area (Å²) in [5, 5.41) is 3.22. The Hall–Kier alpha value is -0.0800. The largest absolute Gasteiger partial charge is 0.330 e. The second kappa shape index (κ2) is 2.46. The molecule has 0 aromatic heterocycles. The number of hydrogen-bond donors (Lipinski definition) is 2. The van der Waals surface area contributed by atoms with E-state index in [4.69, 9.17) is 5.73 Å². The number of hydrogen-bond acceptors (Lipinski definition) is 2. The minimum absolute atomic E-state index is 0.790. The van der Waals surface area contributed by atoms with Gasteiger partial charge in [-0.1, -0.05) is 0 Å². The van der Waals surface area contributed by atoms with Gasteiger partial charge in [0.2, 0.25) is 0 Å². The number of rotatable bonds is 3. The van der Waals surface area contributed by atoms with Crippen molar-refractivity contribution in [1.29, 1.82) is 0 Å². The summed E-state index contributed by atoms with van der Waals surface area (Å²) in [6, 6.07) is 0.790. The van der Waals surface area contributed by atoms with E-state index < -0.39 is 0 Å². The van der Waals surface area contributed by atoms with E-state index in [9.17, 15) is 0 Å². The standard InChI is InChI=1S/C6H14N2/c1-8-6-4-5(6)2-3-7/h5-6,8H,2-4,7H2,1H3. The van der Waals surface area contributed by atoms with Crippen LogP contribution in [-0.4, -0.2) is 19.6 Å². The Balaban J connectivity index is 1.99. The molecule has 0 aliphatic heterocycles. The molecule has 0 aromatic rings. The van der Waals surface area contributed by atoms with Crippen molar-refractivity contribution in [1.82, 2.24) is 5.32 Å². The van der Waals surface area contributed by atoms with Crippen LogP contribution in [-0.2, 0) is 0 Å². The molecule has 1 fully saturated rings. The molecule has 3 N–H and O–H groups in total. The summed E-state index contributed by atoms with van der Waals surface area (Å²) in [6.07, 6.45) is 2.54. The van der Waals surface area contributed by atoms with E-state index in [-0.39, 0.29) is 0 Å². The van der Waals surface area contributed by atoms with Gasteiger partial charge in [0.05, 0.1) is 0 Å². The maximum atomic E-state index is 5.36. The second-order valence-corrected chi connectivity index (χ2v) is 2.47. The van der Waals surface area contributed by atoms with E-state index in [0.29, 0.717) is 0 Å². The lowest BCUT2D eigenvalue weighted by Crippen LogP contribution is -2.12. The third kappa shape index (κ3) is 1.20. The molecule has 0 heterocycles. The molecular weight excluding hydrogens is 100 g/mol. The molecule has 0 radical (unpaired) electrons. The Labute approximate surface area is 50.4 Å². The van der Waals surface area contributed by atoms with Crippen molar-refractivity contribution in [2.45, 2.75) is 18.9 Å². The third-order valence-electron chi connectivity index (χ3n) is 1.83. The molecule has 1 saturated carbocycles. The highest BCUT2D eigenvalue weighted by Crippen LogP contribution is 2.32. The van der Waals surface area contributed by atoms with Gasteiger partial charge in [-0.25, -0.2) is 0 Å². The van der Waals surface area contributed by atoms with Crippen LogP contribution in [0.25, 0.3) is 0 Å². The maximum Gasteiger partial charge on any atom is 0.00966 e. The van der Waals surface area contributed by atoms with Crippen molar-refractivity contribution in [3.63, 3.8) is 0 Å². The van der Waals surface area contributed by atoms with Gasteiger partial charge in [0.15, 0.2) is 0 Å². The van der Waals surface area contributed by atoms with Crippen LogP contribution in [0.3, 0.4) is 0 Å². The lowest BCUT2D eigenvalue weighted by Gasteiger charge is -1.92. The smallest absolute Gasteiger partial charge is 0.00966 e. The predicted octanol–water partition coefficient (Wildman–Crippen LogP) is -0.0569. The van der Waals surface area contributed by atoms with Crippen LogP contribution in [0.15, 0.2) is 0 Å². The highest BCUT2D eigenvalue weighted by molar-refractivity contribution is 4.91. The fraction of sp³-hybridized carbons (Fsp3) is 1.00. The summed E-state index contributed by atoms with van der Waals surface area (Å²) in [6.45, 7) is 0.850. The number of nitrogens with two attached hydrogens (primary N) is 1. The average molecular weight is 114 g/mol. The molecule has 0 saturated heterocycles. The normalized spacial score (nSPS) is 35.2. The quantitative estimate of drug-likeness (QED) is 0.539. The zero-order valence-electron chi connectivity index (χ0n) is 5.35. The van der Waals surface area contributed by atoms with Crippen LogP contribution in [0.2, 0.25) is 0 Å². The minimum Gasteiger partial charge on any atom is -0.330 e. The maximum absolute atomic E-state index is 5.36. The van der Waals surface area contributed by atoms with Crippen LogP contribution in [0.4, 0.5) is 0 Å². The van der Waals surface area contributed by atoms with Crippen molar-refractivity contribution in [3.05, 3.63) is 0 Å². The van der Waals surface area contributed by atoms with Crippen molar-refractivity contribution >= 4 is 0 Å². The Kier molecular flexibility index (Phi) is 1.86. The van der Waals surface area contributed by atoms with Gasteiger partial charge >= 0.3 is 0 Å². The van der Waals surface area contributed by atoms with Crippen LogP contribution in [0, 0.1) is 5.92 Å². The average Bonchev–Trinajstić information content (AvgIpc) is 2.48. The van der Waals surface area contributed by atoms with Crippen LogP contribution >= 0.6 is 0 Å². The Bertz CT molecular complexity index is 72.9. The van der Waals surface area contributed by atoms with E-state index in [1.807, 2.05) is 7.05 Å². The van der Waals surface area contributed by atoms with E-state index in [1.165, 1.54) is 12.8 Å². The van der Waals surface area contributed by atoms with Crippen LogP contribution in [0.5, 0.6) is 0 Å². The summed E-state index contributed by atoms with van der Waals surface area (Å²) in [5.41, 5.74) is 5.36. The zero-order chi connectivity index (χ0) is 5.98. The van der Waals surface area contributed by atoms with E-state index >= 15 is 0 Å². The fourth-order valence-electron chi connectivity index (χ4n) is 1.13. The van der Waals surface area contributed by atoms with E-state index in [0.717, 1.165) is 18.5 Å². The first-order chi connectivity index (χ1) is 3.88. The van der Waals surface area contributed by atoms with Crippen molar-refractivity contribution in [2.75, 3.05) is 13.6 Å². The van der Waals surface area contributed by atoms with Gasteiger partial charge in [-0.2, -0.15) is 0 Å². The molecule has 0 bridgehead atoms. The van der Waals surface area contributed by atoms with Gasteiger partial charge in [0.25, 0.3) is 0 Å². The van der Waals surface area contributed by atoms with Gasteiger partial charge in [-0.15, -0.1) is 0 Å². The minimum atomic E-state index is 0.790. The van der Waals surface area contributed by atoms with Gasteiger partial charge in [0, 0.05) is 6.04 Å². The Morgan fingerprint density at radius 1 is 1.75 bits per heavy atom. The second-order valence-electron chi connectivity index (χ2n) is 2.47. The summed E-state index contributed by atoms with van der Waals surface area (Å²) in [4.78, 5) is 0. The van der Waals surface area contributed by atoms with Gasteiger partial charge in [0.1, 0.15) is 0 Å². The van der Waals surface area contributed by atoms with Crippen LogP contribution in [0.1, 0.15) is 12.8 Å². The molecule has 1 aliphatic carbocycles. The molecule has 1 rings (SSSR count). The topological polar surface area (TPSA) is 38.0 Å². The van der Waals surface area contributed by atoms with Crippen molar-refractivity contribution < 1.29 is 0 Å². The number of nitrogens with one attached hydrogen (secondary N) is 1. The molecule has 2 heteroatoms. The molecule has 2 nitrogen and oxygen atoms in total. The summed E-state index contributed by atoms with van der Waals surface area (Å²) < 4.78 is 0. The molecule has 8 heavy (non-hydrogen) atoms. The first kappa shape index (κ1) is 6.05. The lowest BCUT2D eigenvalue weighted by molar-refractivity contribution is 0.660. The van der Waals surface area contributed by atoms with E-state index in [1.54, 1.807) is 0 Å². The van der Waals surface area contributed by atoms with E-state index in [2.05, 4.69) is 5.32 Å². The monoisotopic (exact) mass is 114 g/mol. The fourth-order valence-corrected chi connectivity index (χ4v) is 1.13. The summed E-state index contributed by atoms with van der Waals surface area (Å²) in [7, 11) is 2.02. The van der Waals surface area contributed by atoms with Gasteiger partial charge < -0.3 is 11.1 Å². The molecule has 2 unspecified atom stereocenters. The third-order valence-corrected chi connectivity index (χ3v) is 1.83. The van der Waals surface area contributed by atoms with Crippen molar-refractivity contribution in [2.24, 2.45) is 11.7 Å². The highest BCUT2D eigenvalue weighted by Gasteiger charge is 2.34. The first-order valence-corrected chi connectivity index (χ1v) is 3.26. The van der Waals surface area contributed by atoms with Crippen molar-refractivity contribution in [3.8, 4) is 0 Å². The summed E-state index contributed by atoms with van der Waals surface area (Å²) in [5.74, 6) is 0.894.